The van der Waals surface area contributed by atoms with Crippen molar-refractivity contribution in [2.24, 2.45) is 5.16 Å². The normalized spacial score (nSPS) is 11.4. The van der Waals surface area contributed by atoms with E-state index in [4.69, 9.17) is 4.74 Å². The number of hydrogen-bond donors (Lipinski definition) is 0. The third-order valence-electron chi connectivity index (χ3n) is 2.08. The maximum Gasteiger partial charge on any atom is 0.332 e. The standard InChI is InChI=1S/C14H14BrNO4/c1-3-19-14(18)9-8-13(16-20-10(2)17)11-4-6-12(15)7-5-11/h4-9H,3H2,1-2H3. The third-order valence-corrected chi connectivity index (χ3v) is 2.61. The van der Waals surface area contributed by atoms with Crippen molar-refractivity contribution < 1.29 is 19.2 Å². The molecule has 5 nitrogen and oxygen atoms in total. The molecule has 0 amide bonds. The van der Waals surface area contributed by atoms with Crippen molar-refractivity contribution in [1.29, 1.82) is 0 Å². The molecule has 6 heteroatoms. The third kappa shape index (κ3) is 5.79. The molecule has 0 spiro atoms. The molecule has 1 rings (SSSR count). The molecule has 0 fully saturated rings. The first kappa shape index (κ1) is 16.1. The Labute approximate surface area is 125 Å². The number of allylic oxidation sites excluding steroid dienone is 1. The van der Waals surface area contributed by atoms with Crippen LogP contribution in [0.3, 0.4) is 0 Å². The van der Waals surface area contributed by atoms with Crippen molar-refractivity contribution in [2.75, 3.05) is 6.61 Å². The van der Waals surface area contributed by atoms with E-state index in [1.54, 1.807) is 19.1 Å². The Morgan fingerprint density at radius 2 is 1.90 bits per heavy atom. The Morgan fingerprint density at radius 3 is 2.45 bits per heavy atom. The minimum atomic E-state index is -0.538. The highest BCUT2D eigenvalue weighted by Gasteiger charge is 2.04. The lowest BCUT2D eigenvalue weighted by Gasteiger charge is -2.02. The molecule has 0 aliphatic heterocycles. The topological polar surface area (TPSA) is 65.0 Å². The first-order valence-corrected chi connectivity index (χ1v) is 6.68. The average molecular weight is 340 g/mol. The van der Waals surface area contributed by atoms with Crippen LogP contribution in [0, 0.1) is 0 Å². The summed E-state index contributed by atoms with van der Waals surface area (Å²) in [5.74, 6) is -1.02. The van der Waals surface area contributed by atoms with Crippen LogP contribution in [0.15, 0.2) is 46.0 Å². The Morgan fingerprint density at radius 1 is 1.25 bits per heavy atom. The Hall–Kier alpha value is -1.95. The largest absolute Gasteiger partial charge is 0.463 e. The Kier molecular flexibility index (Phi) is 6.66. The second-order valence-corrected chi connectivity index (χ2v) is 4.57. The van der Waals surface area contributed by atoms with E-state index in [0.29, 0.717) is 11.3 Å². The monoisotopic (exact) mass is 339 g/mol. The van der Waals surface area contributed by atoms with Gasteiger partial charge in [-0.25, -0.2) is 9.59 Å². The van der Waals surface area contributed by atoms with Crippen LogP contribution in [0.2, 0.25) is 0 Å². The second-order valence-electron chi connectivity index (χ2n) is 3.65. The summed E-state index contributed by atoms with van der Waals surface area (Å²) in [7, 11) is 0. The average Bonchev–Trinajstić information content (AvgIpc) is 2.40. The molecule has 20 heavy (non-hydrogen) atoms. The van der Waals surface area contributed by atoms with Gasteiger partial charge < -0.3 is 9.57 Å². The summed E-state index contributed by atoms with van der Waals surface area (Å²) >= 11 is 3.32. The molecule has 0 N–H and O–H groups in total. The molecule has 0 atom stereocenters. The molecular weight excluding hydrogens is 326 g/mol. The number of esters is 1. The van der Waals surface area contributed by atoms with E-state index in [-0.39, 0.29) is 6.61 Å². The summed E-state index contributed by atoms with van der Waals surface area (Å²) in [6.07, 6.45) is 2.66. The lowest BCUT2D eigenvalue weighted by molar-refractivity contribution is -0.141. The number of halogens is 1. The molecule has 0 radical (unpaired) electrons. The molecule has 0 aromatic heterocycles. The van der Waals surface area contributed by atoms with E-state index in [9.17, 15) is 9.59 Å². The predicted molar refractivity (Wildman–Crippen MR) is 78.2 cm³/mol. The highest BCUT2D eigenvalue weighted by molar-refractivity contribution is 9.10. The van der Waals surface area contributed by atoms with Crippen molar-refractivity contribution in [3.63, 3.8) is 0 Å². The van der Waals surface area contributed by atoms with Gasteiger partial charge >= 0.3 is 11.9 Å². The molecular formula is C14H14BrNO4. The minimum absolute atomic E-state index is 0.290. The van der Waals surface area contributed by atoms with E-state index < -0.39 is 11.9 Å². The lowest BCUT2D eigenvalue weighted by atomic mass is 10.1. The number of carbonyl (C=O) groups is 2. The smallest absolute Gasteiger partial charge is 0.332 e. The van der Waals surface area contributed by atoms with Crippen LogP contribution < -0.4 is 0 Å². The summed E-state index contributed by atoms with van der Waals surface area (Å²) in [5.41, 5.74) is 1.05. The van der Waals surface area contributed by atoms with Gasteiger partial charge in [-0.15, -0.1) is 0 Å². The van der Waals surface area contributed by atoms with Crippen LogP contribution in [0.5, 0.6) is 0 Å². The number of carbonyl (C=O) groups excluding carboxylic acids is 2. The zero-order valence-electron chi connectivity index (χ0n) is 11.1. The number of rotatable bonds is 5. The van der Waals surface area contributed by atoms with Crippen LogP contribution in [-0.2, 0) is 19.2 Å². The fraction of sp³-hybridized carbons (Fsp3) is 0.214. The maximum atomic E-state index is 11.3. The molecule has 106 valence electrons. The second kappa shape index (κ2) is 8.27. The van der Waals surface area contributed by atoms with Crippen molar-refractivity contribution in [3.8, 4) is 0 Å². The number of nitrogens with zero attached hydrogens (tertiary/aromatic N) is 1. The van der Waals surface area contributed by atoms with Crippen molar-refractivity contribution in [3.05, 3.63) is 46.5 Å². The van der Waals surface area contributed by atoms with Gasteiger partial charge in [0.05, 0.1) is 6.61 Å². The van der Waals surface area contributed by atoms with Gasteiger partial charge in [0.2, 0.25) is 0 Å². The fourth-order valence-electron chi connectivity index (χ4n) is 1.25. The van der Waals surface area contributed by atoms with Gasteiger partial charge in [-0.05, 0) is 25.1 Å². The van der Waals surface area contributed by atoms with Crippen molar-refractivity contribution in [1.82, 2.24) is 0 Å². The van der Waals surface area contributed by atoms with Gasteiger partial charge in [-0.2, -0.15) is 0 Å². The summed E-state index contributed by atoms with van der Waals surface area (Å²) in [5, 5.41) is 3.71. The van der Waals surface area contributed by atoms with Gasteiger partial charge in [-0.1, -0.05) is 33.2 Å². The van der Waals surface area contributed by atoms with E-state index >= 15 is 0 Å². The van der Waals surface area contributed by atoms with Crippen LogP contribution in [-0.4, -0.2) is 24.3 Å². The van der Waals surface area contributed by atoms with Crippen LogP contribution in [0.4, 0.5) is 0 Å². The van der Waals surface area contributed by atoms with E-state index in [1.165, 1.54) is 19.1 Å². The molecule has 0 heterocycles. The van der Waals surface area contributed by atoms with Crippen LogP contribution in [0.25, 0.3) is 0 Å². The summed E-state index contributed by atoms with van der Waals surface area (Å²) in [6.45, 7) is 3.25. The number of benzene rings is 1. The molecule has 1 aromatic carbocycles. The van der Waals surface area contributed by atoms with Gasteiger partial charge in [0.25, 0.3) is 0 Å². The first-order chi connectivity index (χ1) is 9.52. The highest BCUT2D eigenvalue weighted by Crippen LogP contribution is 2.12. The van der Waals surface area contributed by atoms with Crippen LogP contribution >= 0.6 is 15.9 Å². The first-order valence-electron chi connectivity index (χ1n) is 5.89. The van der Waals surface area contributed by atoms with Gasteiger partial charge in [0.1, 0.15) is 5.71 Å². The molecule has 0 saturated carbocycles. The SMILES string of the molecule is CCOC(=O)C=CC(=NOC(C)=O)c1ccc(Br)cc1. The van der Waals surface area contributed by atoms with Gasteiger partial charge in [0.15, 0.2) is 0 Å². The molecule has 1 aromatic rings. The summed E-state index contributed by atoms with van der Waals surface area (Å²) < 4.78 is 5.68. The lowest BCUT2D eigenvalue weighted by Crippen LogP contribution is -2.04. The molecule has 0 saturated heterocycles. The quantitative estimate of drug-likeness (QED) is 0.272. The van der Waals surface area contributed by atoms with E-state index in [0.717, 1.165) is 4.47 Å². The van der Waals surface area contributed by atoms with Gasteiger partial charge in [-0.3, -0.25) is 0 Å². The Bertz CT molecular complexity index is 535. The maximum absolute atomic E-state index is 11.3. The molecule has 0 aliphatic carbocycles. The van der Waals surface area contributed by atoms with E-state index in [1.807, 2.05) is 12.1 Å². The summed E-state index contributed by atoms with van der Waals surface area (Å²) in [4.78, 5) is 26.7. The van der Waals surface area contributed by atoms with Crippen LogP contribution in [0.1, 0.15) is 19.4 Å². The minimum Gasteiger partial charge on any atom is -0.463 e. The fourth-order valence-corrected chi connectivity index (χ4v) is 1.52. The molecule has 0 unspecified atom stereocenters. The molecule has 0 aliphatic rings. The van der Waals surface area contributed by atoms with E-state index in [2.05, 4.69) is 25.9 Å². The zero-order chi connectivity index (χ0) is 15.0. The number of ether oxygens (including phenoxy) is 1. The molecule has 0 bridgehead atoms. The number of oxime groups is 1. The van der Waals surface area contributed by atoms with Crippen molar-refractivity contribution in [2.45, 2.75) is 13.8 Å². The number of hydrogen-bond acceptors (Lipinski definition) is 5. The predicted octanol–water partition coefficient (Wildman–Crippen LogP) is 2.84. The highest BCUT2D eigenvalue weighted by atomic mass is 79.9. The zero-order valence-corrected chi connectivity index (χ0v) is 12.7. The van der Waals surface area contributed by atoms with Gasteiger partial charge in [0, 0.05) is 23.0 Å². The Balaban J connectivity index is 2.96. The summed E-state index contributed by atoms with van der Waals surface area (Å²) in [6, 6.07) is 7.19. The van der Waals surface area contributed by atoms with Crippen molar-refractivity contribution >= 4 is 33.6 Å².